The van der Waals surface area contributed by atoms with Gasteiger partial charge in [-0.1, -0.05) is 65.7 Å². The number of hydrogen-bond donors (Lipinski definition) is 1. The quantitative estimate of drug-likeness (QED) is 0.124. The summed E-state index contributed by atoms with van der Waals surface area (Å²) in [6.45, 7) is 13.4. The molecule has 0 aliphatic heterocycles. The van der Waals surface area contributed by atoms with Gasteiger partial charge in [-0.05, 0) is 75.1 Å². The van der Waals surface area contributed by atoms with E-state index in [0.29, 0.717) is 0 Å². The molecule has 6 heteroatoms. The molecule has 1 aromatic carbocycles. The molecule has 39 heavy (non-hydrogen) atoms. The smallest absolute Gasteiger partial charge is 0.122 e. The number of unbranched alkanes of at least 4 members (excludes halogenated alkanes) is 8. The molecule has 0 saturated heterocycles. The zero-order valence-corrected chi connectivity index (χ0v) is 26.5. The van der Waals surface area contributed by atoms with Gasteiger partial charge in [-0.3, -0.25) is 0 Å². The molecule has 0 fully saturated rings. The van der Waals surface area contributed by atoms with Crippen LogP contribution in [0.5, 0.6) is 11.5 Å². The molecule has 0 amide bonds. The molecule has 0 aliphatic carbocycles. The van der Waals surface area contributed by atoms with Crippen LogP contribution in [0, 0.1) is 0 Å². The Morgan fingerprint density at radius 3 is 1.44 bits per heavy atom. The maximum atomic E-state index is 5.97. The van der Waals surface area contributed by atoms with Crippen molar-refractivity contribution in [2.75, 3.05) is 53.9 Å². The molecule has 0 saturated carbocycles. The third kappa shape index (κ3) is 22.1. The monoisotopic (exact) mass is 553 g/mol. The summed E-state index contributed by atoms with van der Waals surface area (Å²) >= 11 is 0. The van der Waals surface area contributed by atoms with E-state index in [1.807, 2.05) is 6.92 Å². The average Bonchev–Trinajstić information content (AvgIpc) is 2.93. The van der Waals surface area contributed by atoms with E-state index < -0.39 is 0 Å². The second-order valence-electron chi connectivity index (χ2n) is 10.4. The van der Waals surface area contributed by atoms with Crippen LogP contribution < -0.4 is 15.2 Å². The van der Waals surface area contributed by atoms with Gasteiger partial charge in [0.2, 0.25) is 0 Å². The van der Waals surface area contributed by atoms with Gasteiger partial charge in [0.1, 0.15) is 11.5 Å². The highest BCUT2D eigenvalue weighted by Gasteiger charge is 2.12. The van der Waals surface area contributed by atoms with Gasteiger partial charge in [-0.25, -0.2) is 0 Å². The minimum atomic E-state index is 0.105. The third-order valence-corrected chi connectivity index (χ3v) is 6.38. The maximum absolute atomic E-state index is 5.97. The second kappa shape index (κ2) is 28.2. The first-order valence-corrected chi connectivity index (χ1v) is 15.8. The molecule has 6 nitrogen and oxygen atoms in total. The van der Waals surface area contributed by atoms with Crippen LogP contribution in [-0.2, 0) is 27.1 Å². The topological polar surface area (TPSA) is 72.2 Å². The lowest BCUT2D eigenvalue weighted by Gasteiger charge is -2.16. The Hall–Kier alpha value is -1.34. The van der Waals surface area contributed by atoms with Crippen LogP contribution in [-0.4, -0.2) is 59.9 Å². The molecule has 1 aromatic rings. The van der Waals surface area contributed by atoms with Crippen molar-refractivity contribution >= 4 is 0 Å². The Morgan fingerprint density at radius 1 is 0.564 bits per heavy atom. The lowest BCUT2D eigenvalue weighted by Crippen LogP contribution is -2.18. The number of nitrogens with two attached hydrogens (primary N) is 1. The Balaban J connectivity index is 0.00000122. The predicted molar refractivity (Wildman–Crippen MR) is 165 cm³/mol. The number of ether oxygens (including phenoxy) is 5. The summed E-state index contributed by atoms with van der Waals surface area (Å²) in [5, 5.41) is 0. The first-order valence-electron chi connectivity index (χ1n) is 15.8. The number of benzene rings is 1. The fraction of sp³-hybridized carbons (Fsp3) is 0.818. The van der Waals surface area contributed by atoms with Gasteiger partial charge in [0, 0.05) is 32.5 Å². The van der Waals surface area contributed by atoms with E-state index >= 15 is 0 Å². The number of hydrogen-bond acceptors (Lipinski definition) is 6. The number of rotatable bonds is 25. The molecule has 1 unspecified atom stereocenters. The van der Waals surface area contributed by atoms with Crippen molar-refractivity contribution in [2.24, 2.45) is 5.73 Å². The Bertz CT molecular complexity index is 645. The standard InChI is InChI=1S/C25H45NO3.C8H18O2/c1-5-16-29-17-14-12-10-8-6-7-9-11-13-15-22-19-25(28-4)23(18-21(2)26)20-24(22)27-3;1-3-5-9-7-8-10-6-4-2/h19-21H,5-18,26H2,1-4H3;3-8H2,1-2H3. The molecule has 0 aromatic heterocycles. The van der Waals surface area contributed by atoms with Gasteiger partial charge in [0.25, 0.3) is 0 Å². The molecule has 0 bridgehead atoms. The third-order valence-electron chi connectivity index (χ3n) is 6.38. The first-order chi connectivity index (χ1) is 19.0. The fourth-order valence-corrected chi connectivity index (χ4v) is 4.34. The van der Waals surface area contributed by atoms with E-state index in [1.165, 1.54) is 63.4 Å². The van der Waals surface area contributed by atoms with E-state index in [2.05, 4.69) is 32.9 Å². The van der Waals surface area contributed by atoms with Crippen LogP contribution >= 0.6 is 0 Å². The summed E-state index contributed by atoms with van der Waals surface area (Å²) in [7, 11) is 3.48. The van der Waals surface area contributed by atoms with E-state index in [9.17, 15) is 0 Å². The summed E-state index contributed by atoms with van der Waals surface area (Å²) in [6, 6.07) is 4.35. The number of aryl methyl sites for hydroxylation is 1. The van der Waals surface area contributed by atoms with Crippen LogP contribution in [0.3, 0.4) is 0 Å². The van der Waals surface area contributed by atoms with Crippen LogP contribution in [0.2, 0.25) is 0 Å². The van der Waals surface area contributed by atoms with E-state index in [4.69, 9.17) is 29.4 Å². The lowest BCUT2D eigenvalue weighted by atomic mass is 9.99. The van der Waals surface area contributed by atoms with Crippen molar-refractivity contribution in [3.8, 4) is 11.5 Å². The van der Waals surface area contributed by atoms with Gasteiger partial charge >= 0.3 is 0 Å². The lowest BCUT2D eigenvalue weighted by molar-refractivity contribution is 0.0483. The zero-order valence-electron chi connectivity index (χ0n) is 26.5. The van der Waals surface area contributed by atoms with Crippen molar-refractivity contribution in [3.63, 3.8) is 0 Å². The fourth-order valence-electron chi connectivity index (χ4n) is 4.34. The SMILES string of the molecule is CCCOCCCCCCCCCCCc1cc(OC)c(CC(C)N)cc1OC.CCCOCCOCCC. The summed E-state index contributed by atoms with van der Waals surface area (Å²) in [6.07, 6.45) is 16.9. The van der Waals surface area contributed by atoms with Gasteiger partial charge in [0.15, 0.2) is 0 Å². The molecular formula is C33H63NO5. The minimum absolute atomic E-state index is 0.105. The zero-order chi connectivity index (χ0) is 29.0. The van der Waals surface area contributed by atoms with Crippen molar-refractivity contribution in [1.82, 2.24) is 0 Å². The first kappa shape index (κ1) is 37.7. The molecule has 0 aliphatic rings. The van der Waals surface area contributed by atoms with Crippen molar-refractivity contribution < 1.29 is 23.7 Å². The Morgan fingerprint density at radius 2 is 0.974 bits per heavy atom. The highest BCUT2D eigenvalue weighted by molar-refractivity contribution is 5.47. The average molecular weight is 554 g/mol. The Kier molecular flexibility index (Phi) is 27.2. The van der Waals surface area contributed by atoms with Gasteiger partial charge in [-0.15, -0.1) is 0 Å². The summed E-state index contributed by atoms with van der Waals surface area (Å²) in [5.74, 6) is 1.89. The molecule has 1 atom stereocenters. The second-order valence-corrected chi connectivity index (χ2v) is 10.4. The Labute approximate surface area is 241 Å². The van der Waals surface area contributed by atoms with Gasteiger partial charge in [-0.2, -0.15) is 0 Å². The van der Waals surface area contributed by atoms with E-state index in [1.54, 1.807) is 14.2 Å². The molecule has 0 radical (unpaired) electrons. The molecule has 0 heterocycles. The summed E-state index contributed by atoms with van der Waals surface area (Å²) < 4.78 is 27.1. The van der Waals surface area contributed by atoms with Crippen LogP contribution in [0.4, 0.5) is 0 Å². The van der Waals surface area contributed by atoms with Crippen LogP contribution in [0.1, 0.15) is 116 Å². The molecule has 0 spiro atoms. The summed E-state index contributed by atoms with van der Waals surface area (Å²) in [5.41, 5.74) is 8.33. The molecule has 2 N–H and O–H groups in total. The van der Waals surface area contributed by atoms with Gasteiger partial charge < -0.3 is 29.4 Å². The molecule has 230 valence electrons. The highest BCUT2D eigenvalue weighted by atomic mass is 16.5. The van der Waals surface area contributed by atoms with Crippen molar-refractivity contribution in [3.05, 3.63) is 23.3 Å². The van der Waals surface area contributed by atoms with E-state index in [-0.39, 0.29) is 6.04 Å². The van der Waals surface area contributed by atoms with Gasteiger partial charge in [0.05, 0.1) is 27.4 Å². The largest absolute Gasteiger partial charge is 0.496 e. The number of methoxy groups -OCH3 is 2. The van der Waals surface area contributed by atoms with Crippen molar-refractivity contribution in [1.29, 1.82) is 0 Å². The predicted octanol–water partition coefficient (Wildman–Crippen LogP) is 7.91. The molecule has 1 rings (SSSR count). The maximum Gasteiger partial charge on any atom is 0.122 e. The van der Waals surface area contributed by atoms with Crippen LogP contribution in [0.15, 0.2) is 12.1 Å². The highest BCUT2D eigenvalue weighted by Crippen LogP contribution is 2.31. The normalized spacial score (nSPS) is 11.7. The van der Waals surface area contributed by atoms with Crippen molar-refractivity contribution in [2.45, 2.75) is 124 Å². The van der Waals surface area contributed by atoms with Crippen LogP contribution in [0.25, 0.3) is 0 Å². The minimum Gasteiger partial charge on any atom is -0.496 e. The van der Waals surface area contributed by atoms with E-state index in [0.717, 1.165) is 88.8 Å². The molecular weight excluding hydrogens is 490 g/mol. The summed E-state index contributed by atoms with van der Waals surface area (Å²) in [4.78, 5) is 0.